The lowest BCUT2D eigenvalue weighted by molar-refractivity contribution is 0.0722. The van der Waals surface area contributed by atoms with Gasteiger partial charge in [-0.3, -0.25) is 0 Å². The Labute approximate surface area is 133 Å². The SMILES string of the molecule is COc1ccccc1C(=O)Oc1ccc(-c2ccccc2)nn1. The lowest BCUT2D eigenvalue weighted by Crippen LogP contribution is -2.11. The summed E-state index contributed by atoms with van der Waals surface area (Å²) in [5, 5.41) is 8.02. The van der Waals surface area contributed by atoms with Gasteiger partial charge in [-0.2, -0.15) is 0 Å². The number of carbonyl (C=O) groups excluding carboxylic acids is 1. The van der Waals surface area contributed by atoms with Crippen LogP contribution in [-0.2, 0) is 0 Å². The molecule has 0 aliphatic rings. The molecule has 1 aromatic heterocycles. The van der Waals surface area contributed by atoms with Gasteiger partial charge < -0.3 is 9.47 Å². The van der Waals surface area contributed by atoms with Crippen LogP contribution in [-0.4, -0.2) is 23.3 Å². The highest BCUT2D eigenvalue weighted by atomic mass is 16.5. The van der Waals surface area contributed by atoms with Crippen molar-refractivity contribution in [3.8, 4) is 22.9 Å². The van der Waals surface area contributed by atoms with E-state index in [0.717, 1.165) is 5.56 Å². The molecule has 3 aromatic rings. The Bertz CT molecular complexity index is 802. The zero-order chi connectivity index (χ0) is 16.1. The molecule has 3 rings (SSSR count). The zero-order valence-electron chi connectivity index (χ0n) is 12.5. The van der Waals surface area contributed by atoms with Crippen LogP contribution in [0.1, 0.15) is 10.4 Å². The molecule has 0 radical (unpaired) electrons. The molecule has 2 aromatic carbocycles. The van der Waals surface area contributed by atoms with Crippen molar-refractivity contribution in [2.24, 2.45) is 0 Å². The average molecular weight is 306 g/mol. The fraction of sp³-hybridized carbons (Fsp3) is 0.0556. The summed E-state index contributed by atoms with van der Waals surface area (Å²) in [5.41, 5.74) is 1.99. The third kappa shape index (κ3) is 3.35. The number of methoxy groups -OCH3 is 1. The van der Waals surface area contributed by atoms with Crippen LogP contribution in [0, 0.1) is 0 Å². The molecule has 0 aliphatic heterocycles. The van der Waals surface area contributed by atoms with Gasteiger partial charge in [0.15, 0.2) is 0 Å². The Balaban J connectivity index is 1.77. The van der Waals surface area contributed by atoms with Gasteiger partial charge in [0.05, 0.1) is 12.8 Å². The normalized spacial score (nSPS) is 10.1. The molecule has 0 unspecified atom stereocenters. The molecular formula is C18H14N2O3. The third-order valence-corrected chi connectivity index (χ3v) is 3.23. The Morgan fingerprint density at radius 2 is 1.61 bits per heavy atom. The van der Waals surface area contributed by atoms with Crippen LogP contribution in [0.25, 0.3) is 11.3 Å². The van der Waals surface area contributed by atoms with Gasteiger partial charge in [-0.15, -0.1) is 10.2 Å². The van der Waals surface area contributed by atoms with E-state index in [1.165, 1.54) is 7.11 Å². The molecule has 1 heterocycles. The Morgan fingerprint density at radius 1 is 0.870 bits per heavy atom. The van der Waals surface area contributed by atoms with E-state index in [1.807, 2.05) is 30.3 Å². The highest BCUT2D eigenvalue weighted by Gasteiger charge is 2.14. The van der Waals surface area contributed by atoms with Crippen LogP contribution >= 0.6 is 0 Å². The number of rotatable bonds is 4. The average Bonchev–Trinajstić information content (AvgIpc) is 2.63. The van der Waals surface area contributed by atoms with E-state index >= 15 is 0 Å². The highest BCUT2D eigenvalue weighted by molar-refractivity contribution is 5.93. The number of hydrogen-bond acceptors (Lipinski definition) is 5. The molecule has 0 atom stereocenters. The summed E-state index contributed by atoms with van der Waals surface area (Å²) in [4.78, 5) is 12.2. The van der Waals surface area contributed by atoms with Crippen LogP contribution in [0.2, 0.25) is 0 Å². The number of nitrogens with zero attached hydrogens (tertiary/aromatic N) is 2. The van der Waals surface area contributed by atoms with Gasteiger partial charge in [0, 0.05) is 11.6 Å². The Kier molecular flexibility index (Phi) is 4.29. The molecule has 5 nitrogen and oxygen atoms in total. The maximum Gasteiger partial charge on any atom is 0.348 e. The van der Waals surface area contributed by atoms with E-state index in [-0.39, 0.29) is 5.88 Å². The number of carbonyl (C=O) groups is 1. The lowest BCUT2D eigenvalue weighted by Gasteiger charge is -2.07. The molecule has 0 amide bonds. The van der Waals surface area contributed by atoms with Gasteiger partial charge in [0.25, 0.3) is 0 Å². The lowest BCUT2D eigenvalue weighted by atomic mass is 10.1. The zero-order valence-corrected chi connectivity index (χ0v) is 12.5. The second-order valence-electron chi connectivity index (χ2n) is 4.71. The van der Waals surface area contributed by atoms with Crippen LogP contribution in [0.5, 0.6) is 11.6 Å². The molecule has 0 saturated carbocycles. The van der Waals surface area contributed by atoms with Crippen LogP contribution in [0.3, 0.4) is 0 Å². The van der Waals surface area contributed by atoms with Crippen molar-refractivity contribution in [1.29, 1.82) is 0 Å². The molecule has 0 spiro atoms. The molecular weight excluding hydrogens is 292 g/mol. The van der Waals surface area contributed by atoms with Gasteiger partial charge in [0.1, 0.15) is 11.3 Å². The number of ether oxygens (including phenoxy) is 2. The van der Waals surface area contributed by atoms with Crippen LogP contribution in [0.15, 0.2) is 66.7 Å². The van der Waals surface area contributed by atoms with E-state index in [4.69, 9.17) is 9.47 Å². The summed E-state index contributed by atoms with van der Waals surface area (Å²) >= 11 is 0. The van der Waals surface area contributed by atoms with Crippen molar-refractivity contribution in [3.63, 3.8) is 0 Å². The van der Waals surface area contributed by atoms with Crippen molar-refractivity contribution < 1.29 is 14.3 Å². The predicted octanol–water partition coefficient (Wildman–Crippen LogP) is 3.37. The van der Waals surface area contributed by atoms with Crippen molar-refractivity contribution in [1.82, 2.24) is 10.2 Å². The van der Waals surface area contributed by atoms with Gasteiger partial charge >= 0.3 is 5.97 Å². The van der Waals surface area contributed by atoms with Crippen LogP contribution in [0.4, 0.5) is 0 Å². The summed E-state index contributed by atoms with van der Waals surface area (Å²) in [6, 6.07) is 19.9. The highest BCUT2D eigenvalue weighted by Crippen LogP contribution is 2.21. The first-order valence-electron chi connectivity index (χ1n) is 7.02. The maximum atomic E-state index is 12.2. The standard InChI is InChI=1S/C18H14N2O3/c1-22-16-10-6-5-9-14(16)18(21)23-17-12-11-15(19-20-17)13-7-3-2-4-8-13/h2-12H,1H3. The number of esters is 1. The number of hydrogen-bond donors (Lipinski definition) is 0. The largest absolute Gasteiger partial charge is 0.496 e. The molecule has 0 fully saturated rings. The summed E-state index contributed by atoms with van der Waals surface area (Å²) in [7, 11) is 1.50. The first-order valence-corrected chi connectivity index (χ1v) is 7.02. The number of benzene rings is 2. The Hall–Kier alpha value is -3.21. The van der Waals surface area contributed by atoms with Gasteiger partial charge in [0.2, 0.25) is 5.88 Å². The second kappa shape index (κ2) is 6.70. The smallest absolute Gasteiger partial charge is 0.348 e. The minimum absolute atomic E-state index is 0.139. The van der Waals surface area contributed by atoms with Crippen molar-refractivity contribution in [2.45, 2.75) is 0 Å². The molecule has 0 bridgehead atoms. The first kappa shape index (κ1) is 14.7. The number of aromatic nitrogens is 2. The summed E-state index contributed by atoms with van der Waals surface area (Å²) < 4.78 is 10.4. The quantitative estimate of drug-likeness (QED) is 0.692. The summed E-state index contributed by atoms with van der Waals surface area (Å²) in [5.74, 6) is 0.0520. The molecule has 0 aliphatic carbocycles. The first-order chi connectivity index (χ1) is 11.3. The maximum absolute atomic E-state index is 12.2. The molecule has 0 saturated heterocycles. The third-order valence-electron chi connectivity index (χ3n) is 3.23. The molecule has 114 valence electrons. The molecule has 0 N–H and O–H groups in total. The van der Waals surface area contributed by atoms with E-state index in [1.54, 1.807) is 36.4 Å². The molecule has 5 heteroatoms. The summed E-state index contributed by atoms with van der Waals surface area (Å²) in [6.45, 7) is 0. The predicted molar refractivity (Wildman–Crippen MR) is 85.4 cm³/mol. The fourth-order valence-corrected chi connectivity index (χ4v) is 2.10. The second-order valence-corrected chi connectivity index (χ2v) is 4.71. The minimum atomic E-state index is -0.538. The fourth-order valence-electron chi connectivity index (χ4n) is 2.10. The van der Waals surface area contributed by atoms with Gasteiger partial charge in [-0.25, -0.2) is 4.79 Å². The van der Waals surface area contributed by atoms with Gasteiger partial charge in [-0.05, 0) is 18.2 Å². The van der Waals surface area contributed by atoms with E-state index in [0.29, 0.717) is 17.0 Å². The Morgan fingerprint density at radius 3 is 2.30 bits per heavy atom. The van der Waals surface area contributed by atoms with E-state index in [9.17, 15) is 4.79 Å². The monoisotopic (exact) mass is 306 g/mol. The minimum Gasteiger partial charge on any atom is -0.496 e. The van der Waals surface area contributed by atoms with E-state index < -0.39 is 5.97 Å². The van der Waals surface area contributed by atoms with Crippen LogP contribution < -0.4 is 9.47 Å². The van der Waals surface area contributed by atoms with Gasteiger partial charge in [-0.1, -0.05) is 42.5 Å². The summed E-state index contributed by atoms with van der Waals surface area (Å²) in [6.07, 6.45) is 0. The van der Waals surface area contributed by atoms with Crippen molar-refractivity contribution >= 4 is 5.97 Å². The topological polar surface area (TPSA) is 61.3 Å². The molecule has 23 heavy (non-hydrogen) atoms. The van der Waals surface area contributed by atoms with Crippen molar-refractivity contribution in [3.05, 3.63) is 72.3 Å². The van der Waals surface area contributed by atoms with E-state index in [2.05, 4.69) is 10.2 Å². The van der Waals surface area contributed by atoms with Crippen molar-refractivity contribution in [2.75, 3.05) is 7.11 Å². The number of para-hydroxylation sites is 1.